The number of rotatable bonds is 4. The third kappa shape index (κ3) is 3.23. The third-order valence-electron chi connectivity index (χ3n) is 4.11. The normalized spacial score (nSPS) is 23.8. The van der Waals surface area contributed by atoms with Crippen molar-refractivity contribution in [2.45, 2.75) is 43.9 Å². The lowest BCUT2D eigenvalue weighted by molar-refractivity contribution is -0.115. The van der Waals surface area contributed by atoms with E-state index in [0.717, 1.165) is 29.8 Å². The first-order chi connectivity index (χ1) is 10.2. The minimum atomic E-state index is -0.0238. The first kappa shape index (κ1) is 14.4. The Balaban J connectivity index is 1.62. The fraction of sp³-hybridized carbons (Fsp3) is 0.500. The van der Waals surface area contributed by atoms with E-state index >= 15 is 0 Å². The summed E-state index contributed by atoms with van der Waals surface area (Å²) in [5, 5.41) is 6.59. The number of fused-ring (bicyclic) bond motifs is 1. The van der Waals surface area contributed by atoms with Crippen molar-refractivity contribution in [2.75, 3.05) is 11.1 Å². The number of hydrogen-bond donors (Lipinski definition) is 2. The van der Waals surface area contributed by atoms with Gasteiger partial charge in [0.25, 0.3) is 5.91 Å². The molecule has 0 bridgehead atoms. The number of amides is 2. The van der Waals surface area contributed by atoms with Crippen LogP contribution >= 0.6 is 11.8 Å². The molecule has 2 aliphatic rings. The van der Waals surface area contributed by atoms with Gasteiger partial charge in [0.1, 0.15) is 0 Å². The Labute approximate surface area is 129 Å². The monoisotopic (exact) mass is 304 g/mol. The Hall–Kier alpha value is -1.49. The standard InChI is InChI=1S/C16H20N2O2S/c1-2-21-13-5-4-12(9-13)17-16(20)10-3-6-14-11(7-10)8-15(19)18-14/h3,6-7,12-13H,2,4-5,8-9H2,1H3,(H,17,20)(H,18,19). The Morgan fingerprint density at radius 1 is 1.43 bits per heavy atom. The van der Waals surface area contributed by atoms with Crippen molar-refractivity contribution in [1.29, 1.82) is 0 Å². The molecule has 1 fully saturated rings. The number of carbonyl (C=O) groups excluding carboxylic acids is 2. The van der Waals surface area contributed by atoms with Gasteiger partial charge >= 0.3 is 0 Å². The number of carbonyl (C=O) groups is 2. The zero-order valence-corrected chi connectivity index (χ0v) is 13.0. The number of anilines is 1. The van der Waals surface area contributed by atoms with Crippen LogP contribution in [0.3, 0.4) is 0 Å². The van der Waals surface area contributed by atoms with Crippen LogP contribution in [0, 0.1) is 0 Å². The van der Waals surface area contributed by atoms with E-state index < -0.39 is 0 Å². The zero-order valence-electron chi connectivity index (χ0n) is 12.1. The summed E-state index contributed by atoms with van der Waals surface area (Å²) in [5.41, 5.74) is 2.40. The molecule has 5 heteroatoms. The molecule has 0 saturated heterocycles. The van der Waals surface area contributed by atoms with Gasteiger partial charge in [-0.05, 0) is 48.8 Å². The van der Waals surface area contributed by atoms with Crippen molar-refractivity contribution in [2.24, 2.45) is 0 Å². The van der Waals surface area contributed by atoms with E-state index in [1.54, 1.807) is 6.07 Å². The topological polar surface area (TPSA) is 58.2 Å². The van der Waals surface area contributed by atoms with E-state index in [1.165, 1.54) is 6.42 Å². The van der Waals surface area contributed by atoms with Gasteiger partial charge in [-0.15, -0.1) is 0 Å². The van der Waals surface area contributed by atoms with Crippen LogP contribution in [0.2, 0.25) is 0 Å². The van der Waals surface area contributed by atoms with Gasteiger partial charge in [-0.25, -0.2) is 0 Å². The molecule has 0 aromatic heterocycles. The van der Waals surface area contributed by atoms with Crippen LogP contribution < -0.4 is 10.6 Å². The van der Waals surface area contributed by atoms with Crippen LogP contribution in [-0.2, 0) is 11.2 Å². The maximum atomic E-state index is 12.3. The molecule has 0 radical (unpaired) electrons. The lowest BCUT2D eigenvalue weighted by atomic mass is 10.1. The van der Waals surface area contributed by atoms with Gasteiger partial charge in [0.05, 0.1) is 6.42 Å². The molecular formula is C16H20N2O2S. The highest BCUT2D eigenvalue weighted by atomic mass is 32.2. The molecule has 2 atom stereocenters. The second kappa shape index (κ2) is 6.10. The fourth-order valence-corrected chi connectivity index (χ4v) is 4.24. The summed E-state index contributed by atoms with van der Waals surface area (Å²) in [6.45, 7) is 2.18. The van der Waals surface area contributed by atoms with Crippen molar-refractivity contribution < 1.29 is 9.59 Å². The van der Waals surface area contributed by atoms with Gasteiger partial charge in [-0.2, -0.15) is 11.8 Å². The van der Waals surface area contributed by atoms with Gasteiger partial charge in [-0.1, -0.05) is 6.92 Å². The molecule has 3 rings (SSSR count). The molecule has 2 amide bonds. The predicted molar refractivity (Wildman–Crippen MR) is 85.8 cm³/mol. The first-order valence-corrected chi connectivity index (χ1v) is 8.56. The summed E-state index contributed by atoms with van der Waals surface area (Å²) in [6, 6.07) is 5.72. The summed E-state index contributed by atoms with van der Waals surface area (Å²) >= 11 is 1.99. The van der Waals surface area contributed by atoms with Gasteiger partial charge < -0.3 is 10.6 Å². The van der Waals surface area contributed by atoms with E-state index in [1.807, 2.05) is 23.9 Å². The van der Waals surface area contributed by atoms with Crippen molar-refractivity contribution in [3.05, 3.63) is 29.3 Å². The third-order valence-corrected chi connectivity index (χ3v) is 5.35. The average Bonchev–Trinajstić information content (AvgIpc) is 3.03. The summed E-state index contributed by atoms with van der Waals surface area (Å²) in [4.78, 5) is 23.7. The molecule has 1 aromatic carbocycles. The maximum absolute atomic E-state index is 12.3. The van der Waals surface area contributed by atoms with Crippen molar-refractivity contribution in [3.8, 4) is 0 Å². The number of hydrogen-bond acceptors (Lipinski definition) is 3. The van der Waals surface area contributed by atoms with E-state index in [9.17, 15) is 9.59 Å². The SMILES string of the molecule is CCSC1CCC(NC(=O)c2ccc3c(c2)CC(=O)N3)C1. The quantitative estimate of drug-likeness (QED) is 0.899. The second-order valence-corrected chi connectivity index (χ2v) is 7.24. The molecule has 1 aliphatic heterocycles. The van der Waals surface area contributed by atoms with Crippen LogP contribution in [0.1, 0.15) is 42.1 Å². The van der Waals surface area contributed by atoms with E-state index in [2.05, 4.69) is 17.6 Å². The molecule has 4 nitrogen and oxygen atoms in total. The average molecular weight is 304 g/mol. The lowest BCUT2D eigenvalue weighted by Crippen LogP contribution is -2.33. The number of thioether (sulfide) groups is 1. The lowest BCUT2D eigenvalue weighted by Gasteiger charge is -2.13. The molecule has 1 heterocycles. The molecular weight excluding hydrogens is 284 g/mol. The molecule has 1 aliphatic carbocycles. The van der Waals surface area contributed by atoms with Crippen LogP contribution in [0.15, 0.2) is 18.2 Å². The van der Waals surface area contributed by atoms with Crippen molar-refractivity contribution in [3.63, 3.8) is 0 Å². The summed E-state index contributed by atoms with van der Waals surface area (Å²) in [6.07, 6.45) is 3.69. The smallest absolute Gasteiger partial charge is 0.251 e. The minimum Gasteiger partial charge on any atom is -0.349 e. The van der Waals surface area contributed by atoms with Gasteiger partial charge in [0.2, 0.25) is 5.91 Å². The molecule has 2 unspecified atom stereocenters. The molecule has 112 valence electrons. The van der Waals surface area contributed by atoms with Gasteiger partial charge in [0, 0.05) is 22.5 Å². The number of nitrogens with one attached hydrogen (secondary N) is 2. The highest BCUT2D eigenvalue weighted by Crippen LogP contribution is 2.30. The van der Waals surface area contributed by atoms with Crippen molar-refractivity contribution >= 4 is 29.3 Å². The molecule has 1 saturated carbocycles. The zero-order chi connectivity index (χ0) is 14.8. The van der Waals surface area contributed by atoms with E-state index in [4.69, 9.17) is 0 Å². The van der Waals surface area contributed by atoms with Gasteiger partial charge in [0.15, 0.2) is 0 Å². The maximum Gasteiger partial charge on any atom is 0.251 e. The highest BCUT2D eigenvalue weighted by Gasteiger charge is 2.26. The highest BCUT2D eigenvalue weighted by molar-refractivity contribution is 7.99. The summed E-state index contributed by atoms with van der Waals surface area (Å²) in [7, 11) is 0. The van der Waals surface area contributed by atoms with Crippen LogP contribution in [0.4, 0.5) is 5.69 Å². The predicted octanol–water partition coefficient (Wildman–Crippen LogP) is 2.59. The van der Waals surface area contributed by atoms with Gasteiger partial charge in [-0.3, -0.25) is 9.59 Å². The Morgan fingerprint density at radius 3 is 3.10 bits per heavy atom. The molecule has 2 N–H and O–H groups in total. The molecule has 1 aromatic rings. The second-order valence-electron chi connectivity index (χ2n) is 5.66. The first-order valence-electron chi connectivity index (χ1n) is 7.51. The summed E-state index contributed by atoms with van der Waals surface area (Å²) < 4.78 is 0. The minimum absolute atomic E-state index is 0.00205. The summed E-state index contributed by atoms with van der Waals surface area (Å²) in [5.74, 6) is 1.11. The van der Waals surface area contributed by atoms with Crippen LogP contribution in [0.25, 0.3) is 0 Å². The fourth-order valence-electron chi connectivity index (χ4n) is 3.10. The Kier molecular flexibility index (Phi) is 4.19. The van der Waals surface area contributed by atoms with E-state index in [-0.39, 0.29) is 17.9 Å². The van der Waals surface area contributed by atoms with Crippen LogP contribution in [-0.4, -0.2) is 28.9 Å². The van der Waals surface area contributed by atoms with E-state index in [0.29, 0.717) is 17.2 Å². The largest absolute Gasteiger partial charge is 0.349 e. The number of benzene rings is 1. The molecule has 0 spiro atoms. The van der Waals surface area contributed by atoms with Crippen molar-refractivity contribution in [1.82, 2.24) is 5.32 Å². The molecule has 21 heavy (non-hydrogen) atoms. The Bertz CT molecular complexity index is 573. The Morgan fingerprint density at radius 2 is 2.29 bits per heavy atom. The van der Waals surface area contributed by atoms with Crippen LogP contribution in [0.5, 0.6) is 0 Å².